The van der Waals surface area contributed by atoms with Gasteiger partial charge in [0, 0.05) is 25.1 Å². The summed E-state index contributed by atoms with van der Waals surface area (Å²) in [4.78, 5) is 13.2. The maximum atomic E-state index is 13.2. The van der Waals surface area contributed by atoms with Gasteiger partial charge in [0.15, 0.2) is 0 Å². The Bertz CT molecular complexity index is 1260. The summed E-state index contributed by atoms with van der Waals surface area (Å²) in [5, 5.41) is 21.2. The molecule has 8 heteroatoms. The van der Waals surface area contributed by atoms with Crippen molar-refractivity contribution in [2.45, 2.75) is 32.1 Å². The molecule has 1 amide bonds. The molecule has 1 aliphatic carbocycles. The number of ether oxygens (including phenoxy) is 2. The van der Waals surface area contributed by atoms with Gasteiger partial charge in [-0.05, 0) is 60.4 Å². The maximum absolute atomic E-state index is 13.2. The van der Waals surface area contributed by atoms with Gasteiger partial charge in [-0.25, -0.2) is 0 Å². The minimum atomic E-state index is -0.185. The average Bonchev–Trinajstić information content (AvgIpc) is 3.53. The number of carbonyl (C=O) groups is 1. The Morgan fingerprint density at radius 3 is 2.77 bits per heavy atom. The Labute approximate surface area is 204 Å². The second-order valence-electron chi connectivity index (χ2n) is 9.19. The smallest absolute Gasteiger partial charge is 0.255 e. The van der Waals surface area contributed by atoms with Gasteiger partial charge in [0.25, 0.3) is 5.91 Å². The number of aliphatic hydroxyl groups is 1. The van der Waals surface area contributed by atoms with Crippen LogP contribution in [0.1, 0.15) is 45.5 Å². The first-order chi connectivity index (χ1) is 17.0. The Kier molecular flexibility index (Phi) is 6.44. The van der Waals surface area contributed by atoms with Gasteiger partial charge in [-0.1, -0.05) is 29.5 Å². The van der Waals surface area contributed by atoms with Crippen molar-refractivity contribution in [3.05, 3.63) is 76.4 Å². The predicted octanol–water partition coefficient (Wildman–Crippen LogP) is 3.74. The van der Waals surface area contributed by atoms with Gasteiger partial charge in [-0.15, -0.1) is 5.10 Å². The summed E-state index contributed by atoms with van der Waals surface area (Å²) in [7, 11) is 3.48. The summed E-state index contributed by atoms with van der Waals surface area (Å²) in [6.07, 6.45) is 7.60. The van der Waals surface area contributed by atoms with Crippen LogP contribution >= 0.6 is 0 Å². The predicted molar refractivity (Wildman–Crippen MR) is 131 cm³/mol. The summed E-state index contributed by atoms with van der Waals surface area (Å²) in [6, 6.07) is 10.3. The number of nitrogens with one attached hydrogen (secondary N) is 1. The normalized spacial score (nSPS) is 16.9. The molecule has 0 bridgehead atoms. The summed E-state index contributed by atoms with van der Waals surface area (Å²) in [6.45, 7) is 0.885. The number of carbonyl (C=O) groups excluding carboxylic acids is 1. The van der Waals surface area contributed by atoms with E-state index in [0.29, 0.717) is 30.9 Å². The summed E-state index contributed by atoms with van der Waals surface area (Å²) >= 11 is 0. The number of hydrogen-bond donors (Lipinski definition) is 2. The third kappa shape index (κ3) is 4.73. The lowest BCUT2D eigenvalue weighted by Gasteiger charge is -2.22. The number of aromatic nitrogens is 3. The van der Waals surface area contributed by atoms with Crippen LogP contribution in [0, 0.1) is 5.92 Å². The molecule has 0 spiro atoms. The van der Waals surface area contributed by atoms with E-state index in [0.717, 1.165) is 48.1 Å². The number of methoxy groups -OCH3 is 1. The average molecular weight is 475 g/mol. The fourth-order valence-electron chi connectivity index (χ4n) is 5.01. The van der Waals surface area contributed by atoms with Gasteiger partial charge in [0.1, 0.15) is 23.5 Å². The standard InChI is InChI=1S/C27H30N4O4/c1-31-15-24(29-30-31)18-8-6-17(7-9-18)12-20-13-23(26(34-2)22-5-3-4-21(20)22)27(33)28-14-19-10-11-35-16-25(19)32/h6-9,13,15-16,19,32H,3-5,10-12,14H2,1-2H3,(H,28,33). The molecule has 1 aromatic heterocycles. The summed E-state index contributed by atoms with van der Waals surface area (Å²) in [5.74, 6) is 0.516. The number of hydrogen-bond acceptors (Lipinski definition) is 6. The molecule has 2 N–H and O–H groups in total. The van der Waals surface area contributed by atoms with E-state index in [1.807, 2.05) is 19.3 Å². The molecule has 2 aromatic carbocycles. The van der Waals surface area contributed by atoms with E-state index in [9.17, 15) is 9.90 Å². The van der Waals surface area contributed by atoms with Crippen LogP contribution in [-0.4, -0.2) is 46.3 Å². The van der Waals surface area contributed by atoms with Gasteiger partial charge in [0.05, 0.1) is 25.5 Å². The summed E-state index contributed by atoms with van der Waals surface area (Å²) in [5.41, 5.74) is 7.17. The van der Waals surface area contributed by atoms with Gasteiger partial charge in [-0.2, -0.15) is 0 Å². The first kappa shape index (κ1) is 23.0. The van der Waals surface area contributed by atoms with Gasteiger partial charge >= 0.3 is 0 Å². The molecule has 8 nitrogen and oxygen atoms in total. The monoisotopic (exact) mass is 474 g/mol. The van der Waals surface area contributed by atoms with Crippen LogP contribution in [0.2, 0.25) is 0 Å². The van der Waals surface area contributed by atoms with Crippen molar-refractivity contribution in [1.82, 2.24) is 20.3 Å². The number of amides is 1. The second kappa shape index (κ2) is 9.82. The van der Waals surface area contributed by atoms with E-state index >= 15 is 0 Å². The minimum Gasteiger partial charge on any atom is -0.509 e. The van der Waals surface area contributed by atoms with Crippen LogP contribution in [0.5, 0.6) is 5.75 Å². The lowest BCUT2D eigenvalue weighted by molar-refractivity contribution is 0.0930. The zero-order valence-electron chi connectivity index (χ0n) is 20.1. The van der Waals surface area contributed by atoms with Crippen LogP contribution in [-0.2, 0) is 31.0 Å². The van der Waals surface area contributed by atoms with E-state index in [1.165, 1.54) is 17.4 Å². The quantitative estimate of drug-likeness (QED) is 0.541. The molecule has 1 aliphatic heterocycles. The van der Waals surface area contributed by atoms with E-state index < -0.39 is 0 Å². The number of fused-ring (bicyclic) bond motifs is 1. The molecule has 5 rings (SSSR count). The maximum Gasteiger partial charge on any atom is 0.255 e. The molecular formula is C27H30N4O4. The lowest BCUT2D eigenvalue weighted by Crippen LogP contribution is -2.32. The van der Waals surface area contributed by atoms with Gasteiger partial charge in [-0.3, -0.25) is 9.48 Å². The van der Waals surface area contributed by atoms with E-state index in [2.05, 4.69) is 39.9 Å². The third-order valence-corrected chi connectivity index (χ3v) is 6.85. The second-order valence-corrected chi connectivity index (χ2v) is 9.19. The van der Waals surface area contributed by atoms with Crippen molar-refractivity contribution in [3.63, 3.8) is 0 Å². The van der Waals surface area contributed by atoms with Crippen molar-refractivity contribution in [3.8, 4) is 17.0 Å². The molecule has 3 aromatic rings. The third-order valence-electron chi connectivity index (χ3n) is 6.85. The molecule has 1 atom stereocenters. The molecule has 0 saturated heterocycles. The van der Waals surface area contributed by atoms with Gasteiger partial charge in [0.2, 0.25) is 0 Å². The Hall–Kier alpha value is -3.81. The van der Waals surface area contributed by atoms with Crippen molar-refractivity contribution in [1.29, 1.82) is 0 Å². The van der Waals surface area contributed by atoms with E-state index in [-0.39, 0.29) is 17.6 Å². The molecule has 2 heterocycles. The molecule has 35 heavy (non-hydrogen) atoms. The zero-order valence-corrected chi connectivity index (χ0v) is 20.1. The molecule has 1 unspecified atom stereocenters. The van der Waals surface area contributed by atoms with E-state index in [4.69, 9.17) is 9.47 Å². The van der Waals surface area contributed by atoms with Crippen LogP contribution in [0.4, 0.5) is 0 Å². The number of benzene rings is 2. The fraction of sp³-hybridized carbons (Fsp3) is 0.370. The first-order valence-corrected chi connectivity index (χ1v) is 12.0. The topological polar surface area (TPSA) is 98.5 Å². The number of aliphatic hydroxyl groups excluding tert-OH is 1. The highest BCUT2D eigenvalue weighted by Crippen LogP contribution is 2.37. The SMILES string of the molecule is COc1c(C(=O)NCC2CCOC=C2O)cc(Cc2ccc(-c3cn(C)nn3)cc2)c2c1CCC2. The molecule has 182 valence electrons. The highest BCUT2D eigenvalue weighted by molar-refractivity contribution is 5.98. The fourth-order valence-corrected chi connectivity index (χ4v) is 5.01. The van der Waals surface area contributed by atoms with Crippen molar-refractivity contribution in [2.75, 3.05) is 20.3 Å². The van der Waals surface area contributed by atoms with Crippen molar-refractivity contribution < 1.29 is 19.4 Å². The Balaban J connectivity index is 1.39. The summed E-state index contributed by atoms with van der Waals surface area (Å²) < 4.78 is 12.6. The number of nitrogens with zero attached hydrogens (tertiary/aromatic N) is 3. The molecular weight excluding hydrogens is 444 g/mol. The highest BCUT2D eigenvalue weighted by Gasteiger charge is 2.26. The number of rotatable bonds is 7. The van der Waals surface area contributed by atoms with Crippen LogP contribution < -0.4 is 10.1 Å². The number of aryl methyl sites for hydroxylation is 1. The van der Waals surface area contributed by atoms with Crippen molar-refractivity contribution in [2.24, 2.45) is 13.0 Å². The van der Waals surface area contributed by atoms with Crippen molar-refractivity contribution >= 4 is 5.91 Å². The van der Waals surface area contributed by atoms with Crippen LogP contribution in [0.3, 0.4) is 0 Å². The Morgan fingerprint density at radius 1 is 1.26 bits per heavy atom. The molecule has 2 aliphatic rings. The Morgan fingerprint density at radius 2 is 2.06 bits per heavy atom. The van der Waals surface area contributed by atoms with E-state index in [1.54, 1.807) is 11.8 Å². The molecule has 0 saturated carbocycles. The minimum absolute atomic E-state index is 0.139. The molecule has 0 fully saturated rings. The van der Waals surface area contributed by atoms with Crippen LogP contribution in [0.25, 0.3) is 11.3 Å². The largest absolute Gasteiger partial charge is 0.509 e. The zero-order chi connectivity index (χ0) is 24.4. The van der Waals surface area contributed by atoms with Crippen LogP contribution in [0.15, 0.2) is 48.5 Å². The lowest BCUT2D eigenvalue weighted by atomic mass is 9.92. The molecule has 0 radical (unpaired) electrons. The highest BCUT2D eigenvalue weighted by atomic mass is 16.5. The van der Waals surface area contributed by atoms with Gasteiger partial charge < -0.3 is 19.9 Å². The first-order valence-electron chi connectivity index (χ1n) is 12.0.